The van der Waals surface area contributed by atoms with Gasteiger partial charge in [-0.3, -0.25) is 0 Å². The van der Waals surface area contributed by atoms with Crippen molar-refractivity contribution in [3.8, 4) is 0 Å². The van der Waals surface area contributed by atoms with Gasteiger partial charge in [0.05, 0.1) is 0 Å². The molecule has 0 fully saturated rings. The summed E-state index contributed by atoms with van der Waals surface area (Å²) in [5, 5.41) is 0. The van der Waals surface area contributed by atoms with Gasteiger partial charge in [-0.1, -0.05) is 0 Å². The second-order valence-corrected chi connectivity index (χ2v) is 0. The van der Waals surface area contributed by atoms with E-state index in [4.69, 9.17) is 0 Å². The molecule has 0 aliphatic carbocycles. The Labute approximate surface area is 97.6 Å². The summed E-state index contributed by atoms with van der Waals surface area (Å²) < 4.78 is 0. The van der Waals surface area contributed by atoms with E-state index in [2.05, 4.69) is 0 Å². The summed E-state index contributed by atoms with van der Waals surface area (Å²) in [4.78, 5) is 0. The van der Waals surface area contributed by atoms with E-state index in [1.54, 1.807) is 0 Å². The van der Waals surface area contributed by atoms with Crippen LogP contribution in [0.1, 0.15) is 0 Å². The molecule has 43 valence electrons. The third-order valence-electron chi connectivity index (χ3n) is 0. The van der Waals surface area contributed by atoms with Crippen LogP contribution in [-0.2, 0) is 26.2 Å². The first-order valence-electron chi connectivity index (χ1n) is 0. The molecule has 0 aromatic carbocycles. The van der Waals surface area contributed by atoms with Gasteiger partial charge in [-0.05, 0) is 0 Å². The molecule has 0 aliphatic heterocycles. The number of hydrogen-bond acceptors (Lipinski definition) is 0. The van der Waals surface area contributed by atoms with E-state index in [0.717, 1.165) is 0 Å². The van der Waals surface area contributed by atoms with Gasteiger partial charge in [0.2, 0.25) is 0 Å². The largest absolute Gasteiger partial charge is 4.00 e. The van der Waals surface area contributed by atoms with Crippen molar-refractivity contribution in [1.29, 1.82) is 0 Å². The zero-order chi connectivity index (χ0) is 0. The van der Waals surface area contributed by atoms with E-state index in [0.29, 0.717) is 0 Å². The summed E-state index contributed by atoms with van der Waals surface area (Å²) in [6.07, 6.45) is 0. The molecule has 0 saturated heterocycles. The average molecular weight is 278 g/mol. The van der Waals surface area contributed by atoms with Gasteiger partial charge in [0.15, 0.2) is 0 Å². The zero-order valence-corrected chi connectivity index (χ0v) is 9.73. The van der Waals surface area contributed by atoms with E-state index in [-0.39, 0.29) is 98.7 Å². The van der Waals surface area contributed by atoms with Crippen molar-refractivity contribution in [2.75, 3.05) is 0 Å². The minimum Gasteiger partial charge on any atom is -1.00 e. The number of hydrogen-bond donors (Lipinski definition) is 0. The fraction of sp³-hybridized carbons (Fsp3) is 0. The van der Waals surface area contributed by atoms with Gasteiger partial charge in [-0.2, -0.15) is 0 Å². The SMILES string of the molecule is O.[Al].[Cl-].[Cl-].[Cl-].[Cl-].[Zr+4]. The maximum absolute atomic E-state index is 0. The van der Waals surface area contributed by atoms with Crippen LogP contribution in [0.3, 0.4) is 0 Å². The van der Waals surface area contributed by atoms with Crippen LogP contribution in [0.4, 0.5) is 0 Å². The molecule has 7 heteroatoms. The predicted octanol–water partition coefficient (Wildman–Crippen LogP) is -13.2. The van der Waals surface area contributed by atoms with E-state index in [9.17, 15) is 0 Å². The molecule has 0 heterocycles. The van der Waals surface area contributed by atoms with Gasteiger partial charge in [0, 0.05) is 17.4 Å². The second kappa shape index (κ2) is 75.4. The van der Waals surface area contributed by atoms with Crippen LogP contribution in [0.15, 0.2) is 0 Å². The molecule has 1 nitrogen and oxygen atoms in total. The quantitative estimate of drug-likeness (QED) is 0.394. The Balaban J connectivity index is 0. The van der Waals surface area contributed by atoms with Gasteiger partial charge in [-0.15, -0.1) is 0 Å². The van der Waals surface area contributed by atoms with E-state index in [1.807, 2.05) is 0 Å². The molecule has 0 unspecified atom stereocenters. The van der Waals surface area contributed by atoms with Gasteiger partial charge >= 0.3 is 26.2 Å². The molecular formula is H2AlCl4OZr. The summed E-state index contributed by atoms with van der Waals surface area (Å²) in [7, 11) is 0. The Morgan fingerprint density at radius 2 is 0.571 bits per heavy atom. The van der Waals surface area contributed by atoms with Gasteiger partial charge in [-0.25, -0.2) is 0 Å². The molecule has 0 aliphatic rings. The average Bonchev–Trinajstić information content (AvgIpc) is 0. The molecule has 0 aromatic heterocycles. The summed E-state index contributed by atoms with van der Waals surface area (Å²) in [6, 6.07) is 0. The molecule has 0 aromatic rings. The third-order valence-corrected chi connectivity index (χ3v) is 0. The molecule has 7 heavy (non-hydrogen) atoms. The standard InChI is InChI=1S/Al.4ClH.H2O.Zr/h;4*1H;1H2;/q;;;;;;+4/p-4. The Bertz CT molecular complexity index is 11.7. The molecule has 0 rings (SSSR count). The fourth-order valence-corrected chi connectivity index (χ4v) is 0. The maximum Gasteiger partial charge on any atom is 4.00 e. The maximum atomic E-state index is 0. The Kier molecular flexibility index (Phi) is 1160. The van der Waals surface area contributed by atoms with Crippen LogP contribution >= 0.6 is 0 Å². The van der Waals surface area contributed by atoms with Crippen molar-refractivity contribution < 1.29 is 81.3 Å². The van der Waals surface area contributed by atoms with Crippen LogP contribution in [-0.4, -0.2) is 22.8 Å². The molecular weight excluding hydrogens is 276 g/mol. The Morgan fingerprint density at radius 3 is 0.571 bits per heavy atom. The van der Waals surface area contributed by atoms with Gasteiger partial charge in [0.25, 0.3) is 0 Å². The van der Waals surface area contributed by atoms with Crippen LogP contribution in [0.2, 0.25) is 0 Å². The summed E-state index contributed by atoms with van der Waals surface area (Å²) in [5.41, 5.74) is 0. The number of rotatable bonds is 0. The van der Waals surface area contributed by atoms with Gasteiger partial charge < -0.3 is 55.1 Å². The first-order valence-corrected chi connectivity index (χ1v) is 0. The predicted molar refractivity (Wildman–Crippen MR) is 9.37 cm³/mol. The first-order chi connectivity index (χ1) is 0. The summed E-state index contributed by atoms with van der Waals surface area (Å²) in [6.45, 7) is 0. The van der Waals surface area contributed by atoms with Crippen molar-refractivity contribution in [3.05, 3.63) is 0 Å². The molecule has 0 bridgehead atoms. The van der Waals surface area contributed by atoms with Gasteiger partial charge in [0.1, 0.15) is 0 Å². The second-order valence-electron chi connectivity index (χ2n) is 0. The first kappa shape index (κ1) is 108. The Morgan fingerprint density at radius 1 is 0.571 bits per heavy atom. The van der Waals surface area contributed by atoms with Crippen LogP contribution in [0, 0.1) is 0 Å². The smallest absolute Gasteiger partial charge is 1.00 e. The monoisotopic (exact) mass is 275 g/mol. The Hall–Kier alpha value is 2.54. The van der Waals surface area contributed by atoms with Crippen molar-refractivity contribution >= 4 is 17.4 Å². The van der Waals surface area contributed by atoms with Crippen LogP contribution in [0.25, 0.3) is 0 Å². The molecule has 0 spiro atoms. The van der Waals surface area contributed by atoms with E-state index in [1.165, 1.54) is 0 Å². The zero-order valence-electron chi connectivity index (χ0n) is 3.09. The topological polar surface area (TPSA) is 31.5 Å². The fourth-order valence-electron chi connectivity index (χ4n) is 0. The third kappa shape index (κ3) is 56.7. The summed E-state index contributed by atoms with van der Waals surface area (Å²) in [5.74, 6) is 0. The molecule has 0 saturated carbocycles. The molecule has 0 atom stereocenters. The van der Waals surface area contributed by atoms with Crippen LogP contribution in [0.5, 0.6) is 0 Å². The van der Waals surface area contributed by atoms with Crippen molar-refractivity contribution in [1.82, 2.24) is 0 Å². The minimum absolute atomic E-state index is 0. The van der Waals surface area contributed by atoms with Crippen molar-refractivity contribution in [2.24, 2.45) is 0 Å². The molecule has 2 N–H and O–H groups in total. The number of halogens is 4. The van der Waals surface area contributed by atoms with Crippen LogP contribution < -0.4 is 49.6 Å². The van der Waals surface area contributed by atoms with E-state index >= 15 is 0 Å². The molecule has 0 amide bonds. The molecule has 3 radical (unpaired) electrons. The van der Waals surface area contributed by atoms with Crippen molar-refractivity contribution in [3.63, 3.8) is 0 Å². The minimum atomic E-state index is 0. The normalized spacial score (nSPS) is 0. The van der Waals surface area contributed by atoms with E-state index < -0.39 is 0 Å². The van der Waals surface area contributed by atoms with Crippen molar-refractivity contribution in [2.45, 2.75) is 0 Å². The summed E-state index contributed by atoms with van der Waals surface area (Å²) >= 11 is 0.